The van der Waals surface area contributed by atoms with Gasteiger partial charge in [0.1, 0.15) is 0 Å². The molecule has 0 N–H and O–H groups in total. The number of rotatable bonds is 6. The van der Waals surface area contributed by atoms with Crippen LogP contribution in [0.3, 0.4) is 0 Å². The number of carbonyl (C=O) groups excluding carboxylic acids is 1. The molecule has 2 rings (SSSR count). The predicted molar refractivity (Wildman–Crippen MR) is 119 cm³/mol. The van der Waals surface area contributed by atoms with Crippen LogP contribution in [0.5, 0.6) is 0 Å². The van der Waals surface area contributed by atoms with Crippen LogP contribution in [-0.2, 0) is 13.6 Å². The summed E-state index contributed by atoms with van der Waals surface area (Å²) in [5, 5.41) is 0. The van der Waals surface area contributed by atoms with Gasteiger partial charge in [0.05, 0.1) is 0 Å². The van der Waals surface area contributed by atoms with Crippen LogP contribution in [0.15, 0.2) is 60.7 Å². The van der Waals surface area contributed by atoms with Crippen molar-refractivity contribution in [3.8, 4) is 11.1 Å². The monoisotopic (exact) mass is 404 g/mol. The van der Waals surface area contributed by atoms with Crippen molar-refractivity contribution < 1.29 is 13.6 Å². The molecule has 0 aliphatic carbocycles. The maximum absolute atomic E-state index is 12.4. The topological polar surface area (TPSA) is 43.4 Å². The van der Waals surface area contributed by atoms with Gasteiger partial charge < -0.3 is 4.21 Å². The van der Waals surface area contributed by atoms with Gasteiger partial charge in [-0.05, 0) is 17.0 Å². The minimum absolute atomic E-state index is 0.210. The zero-order chi connectivity index (χ0) is 20.5. The van der Waals surface area contributed by atoms with Crippen molar-refractivity contribution in [1.29, 1.82) is 0 Å². The Hall–Kier alpha value is -1.48. The van der Waals surface area contributed by atoms with Crippen molar-refractivity contribution in [2.45, 2.75) is 41.2 Å². The first kappa shape index (κ1) is 23.6. The molecule has 0 saturated heterocycles. The van der Waals surface area contributed by atoms with Gasteiger partial charge in [0.25, 0.3) is 7.37 Å². The largest absolute Gasteiger partial charge is 0.373 e. The highest BCUT2D eigenvalue weighted by Gasteiger charge is 2.40. The van der Waals surface area contributed by atoms with Gasteiger partial charge >= 0.3 is 0 Å². The van der Waals surface area contributed by atoms with Gasteiger partial charge in [-0.25, -0.2) is 0 Å². The molecule has 0 heterocycles. The minimum atomic E-state index is -3.07. The van der Waals surface area contributed by atoms with Gasteiger partial charge in [0.2, 0.25) is 5.52 Å². The van der Waals surface area contributed by atoms with Crippen LogP contribution in [-0.4, -0.2) is 21.4 Å². The molecule has 0 fully saturated rings. The number of benzene rings is 2. The van der Waals surface area contributed by atoms with E-state index < -0.39 is 22.5 Å². The van der Waals surface area contributed by atoms with Crippen LogP contribution in [0.2, 0.25) is 6.55 Å². The second-order valence-electron chi connectivity index (χ2n) is 7.95. The normalized spacial score (nSPS) is 13.9. The fraction of sp³-hybridized carbons (Fsp3) is 0.409. The standard InChI is InChI=1S/C12H10.C10H23O3PSi/c1-3-7-11(8-4-1)12-9-5-2-6-10-12;1-8(2)7-14(12,13-15-6)9(11)10(3,4)5/h1-10H;8H,7,15H2,1-6H3. The van der Waals surface area contributed by atoms with Crippen molar-refractivity contribution in [2.24, 2.45) is 11.3 Å². The van der Waals surface area contributed by atoms with Crippen molar-refractivity contribution >= 4 is 22.7 Å². The molecule has 1 atom stereocenters. The van der Waals surface area contributed by atoms with Crippen LogP contribution >= 0.6 is 7.37 Å². The molecule has 0 aliphatic rings. The zero-order valence-corrected chi connectivity index (χ0v) is 19.7. The van der Waals surface area contributed by atoms with Gasteiger partial charge in [0.15, 0.2) is 9.76 Å². The van der Waals surface area contributed by atoms with E-state index in [1.54, 1.807) is 20.8 Å². The van der Waals surface area contributed by atoms with Crippen LogP contribution < -0.4 is 0 Å². The third-order valence-corrected chi connectivity index (χ3v) is 8.98. The molecular formula is C22H33O3PSi. The molecule has 2 aromatic carbocycles. The third kappa shape index (κ3) is 7.96. The zero-order valence-electron chi connectivity index (χ0n) is 17.4. The van der Waals surface area contributed by atoms with Crippen molar-refractivity contribution in [3.63, 3.8) is 0 Å². The van der Waals surface area contributed by atoms with Crippen LogP contribution in [0.25, 0.3) is 11.1 Å². The predicted octanol–water partition coefficient (Wildman–Crippen LogP) is 6.00. The maximum Gasteiger partial charge on any atom is 0.257 e. The number of carbonyl (C=O) groups is 1. The molecule has 0 aromatic heterocycles. The van der Waals surface area contributed by atoms with E-state index in [-0.39, 0.29) is 11.4 Å². The Morgan fingerprint density at radius 2 is 1.37 bits per heavy atom. The summed E-state index contributed by atoms with van der Waals surface area (Å²) in [7, 11) is -3.88. The quantitative estimate of drug-likeness (QED) is 0.438. The summed E-state index contributed by atoms with van der Waals surface area (Å²) in [6.45, 7) is 11.2. The van der Waals surface area contributed by atoms with E-state index in [0.29, 0.717) is 6.16 Å². The van der Waals surface area contributed by atoms with Gasteiger partial charge in [-0.1, -0.05) is 102 Å². The van der Waals surface area contributed by atoms with E-state index in [2.05, 4.69) is 48.5 Å². The average Bonchev–Trinajstić information content (AvgIpc) is 2.62. The summed E-state index contributed by atoms with van der Waals surface area (Å²) in [4.78, 5) is 12.0. The molecule has 3 nitrogen and oxygen atoms in total. The lowest BCUT2D eigenvalue weighted by Crippen LogP contribution is -2.24. The SMILES string of the molecule is C[SiH2]OP(=O)(CC(C)C)C(=O)C(C)(C)C.c1ccc(-c2ccccc2)cc1. The first-order valence-electron chi connectivity index (χ1n) is 9.49. The first-order valence-corrected chi connectivity index (χ1v) is 13.3. The first-order chi connectivity index (χ1) is 12.6. The number of hydrogen-bond acceptors (Lipinski definition) is 3. The third-order valence-electron chi connectivity index (χ3n) is 3.78. The maximum atomic E-state index is 12.4. The number of hydrogen-bond donors (Lipinski definition) is 0. The fourth-order valence-corrected chi connectivity index (χ4v) is 7.36. The smallest absolute Gasteiger partial charge is 0.257 e. The molecular weight excluding hydrogens is 371 g/mol. The molecule has 0 saturated carbocycles. The summed E-state index contributed by atoms with van der Waals surface area (Å²) < 4.78 is 17.8. The van der Waals surface area contributed by atoms with E-state index >= 15 is 0 Å². The lowest BCUT2D eigenvalue weighted by molar-refractivity contribution is -0.119. The Balaban J connectivity index is 0.000000274. The van der Waals surface area contributed by atoms with Gasteiger partial charge in [-0.15, -0.1) is 0 Å². The summed E-state index contributed by atoms with van der Waals surface area (Å²) in [6, 6.07) is 20.8. The Labute approximate surface area is 166 Å². The van der Waals surface area contributed by atoms with Crippen molar-refractivity contribution in [3.05, 3.63) is 60.7 Å². The van der Waals surface area contributed by atoms with E-state index in [1.165, 1.54) is 11.1 Å². The Kier molecular flexibility index (Phi) is 9.38. The fourth-order valence-electron chi connectivity index (χ4n) is 2.66. The molecule has 0 bridgehead atoms. The highest BCUT2D eigenvalue weighted by molar-refractivity contribution is 7.77. The molecule has 0 aliphatic heterocycles. The lowest BCUT2D eigenvalue weighted by Gasteiger charge is -2.25. The van der Waals surface area contributed by atoms with E-state index in [1.807, 2.05) is 32.5 Å². The average molecular weight is 405 g/mol. The summed E-state index contributed by atoms with van der Waals surface area (Å²) >= 11 is 0. The Morgan fingerprint density at radius 1 is 0.963 bits per heavy atom. The summed E-state index contributed by atoms with van der Waals surface area (Å²) in [5.41, 5.74) is 1.77. The van der Waals surface area contributed by atoms with E-state index in [4.69, 9.17) is 4.21 Å². The van der Waals surface area contributed by atoms with E-state index in [9.17, 15) is 9.36 Å². The van der Waals surface area contributed by atoms with Gasteiger partial charge in [-0.2, -0.15) is 0 Å². The lowest BCUT2D eigenvalue weighted by atomic mass is 9.99. The van der Waals surface area contributed by atoms with Crippen LogP contribution in [0.4, 0.5) is 0 Å². The van der Waals surface area contributed by atoms with Gasteiger partial charge in [-0.3, -0.25) is 9.36 Å². The van der Waals surface area contributed by atoms with Gasteiger partial charge in [0, 0.05) is 11.6 Å². The second-order valence-corrected chi connectivity index (χ2v) is 11.7. The minimum Gasteiger partial charge on any atom is -0.373 e. The van der Waals surface area contributed by atoms with Crippen LogP contribution in [0, 0.1) is 11.3 Å². The second kappa shape index (κ2) is 10.7. The molecule has 27 heavy (non-hydrogen) atoms. The van der Waals surface area contributed by atoms with Crippen molar-refractivity contribution in [1.82, 2.24) is 0 Å². The molecule has 1 unspecified atom stereocenters. The summed E-state index contributed by atoms with van der Waals surface area (Å²) in [5.74, 6) is 0.225. The molecule has 0 amide bonds. The Morgan fingerprint density at radius 3 is 1.67 bits per heavy atom. The summed E-state index contributed by atoms with van der Waals surface area (Å²) in [6.07, 6.45) is 0.379. The molecule has 2 aromatic rings. The highest BCUT2D eigenvalue weighted by Crippen LogP contribution is 2.53. The van der Waals surface area contributed by atoms with Crippen molar-refractivity contribution in [2.75, 3.05) is 6.16 Å². The molecule has 0 spiro atoms. The molecule has 148 valence electrons. The Bertz CT molecular complexity index is 700. The van der Waals surface area contributed by atoms with Crippen LogP contribution in [0.1, 0.15) is 34.6 Å². The van der Waals surface area contributed by atoms with E-state index in [0.717, 1.165) is 0 Å². The molecule has 0 radical (unpaired) electrons. The molecule has 5 heteroatoms. The highest BCUT2D eigenvalue weighted by atomic mass is 31.2.